The molecular weight excluding hydrogens is 254 g/mol. The van der Waals surface area contributed by atoms with E-state index < -0.39 is 0 Å². The van der Waals surface area contributed by atoms with Crippen LogP contribution in [0.25, 0.3) is 0 Å². The minimum absolute atomic E-state index is 0.0529. The van der Waals surface area contributed by atoms with Crippen molar-refractivity contribution in [1.29, 1.82) is 0 Å². The first-order valence-electron chi connectivity index (χ1n) is 6.55. The molecule has 0 aliphatic rings. The second kappa shape index (κ2) is 6.81. The lowest BCUT2D eigenvalue weighted by Gasteiger charge is -2.06. The number of aromatic nitrogens is 3. The Labute approximate surface area is 118 Å². The first kappa shape index (κ1) is 14.2. The summed E-state index contributed by atoms with van der Waals surface area (Å²) in [5.41, 5.74) is 1.98. The lowest BCUT2D eigenvalue weighted by atomic mass is 10.2. The van der Waals surface area contributed by atoms with Crippen LogP contribution >= 0.6 is 0 Å². The summed E-state index contributed by atoms with van der Waals surface area (Å²) < 4.78 is 1.67. The van der Waals surface area contributed by atoms with Gasteiger partial charge in [-0.15, -0.1) is 0 Å². The van der Waals surface area contributed by atoms with Crippen molar-refractivity contribution in [3.63, 3.8) is 0 Å². The van der Waals surface area contributed by atoms with E-state index in [1.54, 1.807) is 11.0 Å². The van der Waals surface area contributed by atoms with Crippen molar-refractivity contribution in [3.05, 3.63) is 42.0 Å². The van der Waals surface area contributed by atoms with Gasteiger partial charge in [0, 0.05) is 25.7 Å². The molecule has 1 aromatic carbocycles. The van der Waals surface area contributed by atoms with Crippen LogP contribution < -0.4 is 10.6 Å². The molecule has 2 rings (SSSR count). The van der Waals surface area contributed by atoms with Crippen molar-refractivity contribution < 1.29 is 4.79 Å². The maximum Gasteiger partial charge on any atom is 0.238 e. The smallest absolute Gasteiger partial charge is 0.238 e. The van der Waals surface area contributed by atoms with Gasteiger partial charge in [-0.3, -0.25) is 9.48 Å². The predicted octanol–water partition coefficient (Wildman–Crippen LogP) is 0.894. The summed E-state index contributed by atoms with van der Waals surface area (Å²) in [7, 11) is 1.83. The van der Waals surface area contributed by atoms with Crippen LogP contribution in [-0.2, 0) is 18.3 Å². The number of nitrogens with zero attached hydrogens (tertiary/aromatic N) is 3. The average Bonchev–Trinajstić information content (AvgIpc) is 2.83. The molecule has 2 aromatic rings. The summed E-state index contributed by atoms with van der Waals surface area (Å²) in [4.78, 5) is 15.8. The second-order valence-corrected chi connectivity index (χ2v) is 4.68. The second-order valence-electron chi connectivity index (χ2n) is 4.68. The maximum atomic E-state index is 11.7. The Hall–Kier alpha value is -2.21. The number of hydrogen-bond donors (Lipinski definition) is 2. The monoisotopic (exact) mass is 273 g/mol. The van der Waals surface area contributed by atoms with Gasteiger partial charge in [-0.25, -0.2) is 4.98 Å². The van der Waals surface area contributed by atoms with Crippen LogP contribution in [0.5, 0.6) is 0 Å². The Bertz CT molecular complexity index is 561. The Morgan fingerprint density at radius 1 is 1.30 bits per heavy atom. The molecule has 20 heavy (non-hydrogen) atoms. The number of carbonyl (C=O) groups excluding carboxylic acids is 1. The van der Waals surface area contributed by atoms with E-state index in [4.69, 9.17) is 0 Å². The number of rotatable bonds is 6. The first-order chi connectivity index (χ1) is 9.63. The molecule has 0 atom stereocenters. The molecule has 0 fully saturated rings. The Morgan fingerprint density at radius 2 is 2.05 bits per heavy atom. The highest BCUT2D eigenvalue weighted by molar-refractivity contribution is 5.92. The molecule has 1 heterocycles. The lowest BCUT2D eigenvalue weighted by molar-refractivity contribution is -0.115. The fourth-order valence-corrected chi connectivity index (χ4v) is 1.74. The van der Waals surface area contributed by atoms with Gasteiger partial charge in [0.15, 0.2) is 5.82 Å². The Kier molecular flexibility index (Phi) is 4.84. The fraction of sp³-hybridized carbons (Fsp3) is 0.357. The Morgan fingerprint density at radius 3 is 2.70 bits per heavy atom. The van der Waals surface area contributed by atoms with Crippen molar-refractivity contribution in [2.45, 2.75) is 13.3 Å². The molecule has 1 amide bonds. The number of aryl methyl sites for hydroxylation is 2. The normalized spacial score (nSPS) is 10.5. The zero-order valence-electron chi connectivity index (χ0n) is 11.8. The number of nitrogens with one attached hydrogen (secondary N) is 2. The third-order valence-electron chi connectivity index (χ3n) is 2.79. The van der Waals surface area contributed by atoms with Crippen LogP contribution in [0.15, 0.2) is 30.6 Å². The molecule has 0 bridgehead atoms. The quantitative estimate of drug-likeness (QED) is 0.767. The molecule has 6 heteroatoms. The zero-order valence-corrected chi connectivity index (χ0v) is 11.8. The average molecular weight is 273 g/mol. The van der Waals surface area contributed by atoms with Crippen molar-refractivity contribution >= 4 is 11.6 Å². The highest BCUT2D eigenvalue weighted by Gasteiger charge is 2.02. The molecule has 2 N–H and O–H groups in total. The summed E-state index contributed by atoms with van der Waals surface area (Å²) in [5, 5.41) is 10.1. The van der Waals surface area contributed by atoms with E-state index in [9.17, 15) is 4.79 Å². The SMILES string of the molecule is Cc1ccc(NC(=O)CNCCc2ncn(C)n2)cc1. The third kappa shape index (κ3) is 4.47. The van der Waals surface area contributed by atoms with E-state index in [1.807, 2.05) is 38.2 Å². The predicted molar refractivity (Wildman–Crippen MR) is 77.4 cm³/mol. The minimum atomic E-state index is -0.0529. The van der Waals surface area contributed by atoms with Gasteiger partial charge in [0.05, 0.1) is 6.54 Å². The minimum Gasteiger partial charge on any atom is -0.325 e. The number of carbonyl (C=O) groups is 1. The molecule has 6 nitrogen and oxygen atoms in total. The highest BCUT2D eigenvalue weighted by Crippen LogP contribution is 2.07. The van der Waals surface area contributed by atoms with Crippen molar-refractivity contribution in [2.24, 2.45) is 7.05 Å². The molecular formula is C14H19N5O. The van der Waals surface area contributed by atoms with E-state index in [-0.39, 0.29) is 12.5 Å². The zero-order chi connectivity index (χ0) is 14.4. The van der Waals surface area contributed by atoms with E-state index in [1.165, 1.54) is 5.56 Å². The molecule has 0 aliphatic carbocycles. The van der Waals surface area contributed by atoms with Crippen molar-refractivity contribution in [1.82, 2.24) is 20.1 Å². The molecule has 1 aromatic heterocycles. The molecule has 0 saturated heterocycles. The van der Waals surface area contributed by atoms with Gasteiger partial charge in [0.25, 0.3) is 0 Å². The Balaban J connectivity index is 1.66. The molecule has 0 radical (unpaired) electrons. The van der Waals surface area contributed by atoms with Crippen LogP contribution in [-0.4, -0.2) is 33.8 Å². The van der Waals surface area contributed by atoms with Crippen LogP contribution in [0.4, 0.5) is 5.69 Å². The van der Waals surface area contributed by atoms with Crippen molar-refractivity contribution in [2.75, 3.05) is 18.4 Å². The summed E-state index contributed by atoms with van der Waals surface area (Å²) in [5.74, 6) is 0.724. The van der Waals surface area contributed by atoms with Gasteiger partial charge in [0.1, 0.15) is 6.33 Å². The van der Waals surface area contributed by atoms with E-state index >= 15 is 0 Å². The summed E-state index contributed by atoms with van der Waals surface area (Å²) in [6.07, 6.45) is 2.37. The number of hydrogen-bond acceptors (Lipinski definition) is 4. The summed E-state index contributed by atoms with van der Waals surface area (Å²) in [6.45, 7) is 2.96. The van der Waals surface area contributed by atoms with Gasteiger partial charge in [-0.05, 0) is 19.1 Å². The van der Waals surface area contributed by atoms with Gasteiger partial charge < -0.3 is 10.6 Å². The molecule has 0 unspecified atom stereocenters. The highest BCUT2D eigenvalue weighted by atomic mass is 16.1. The van der Waals surface area contributed by atoms with Gasteiger partial charge in [0.2, 0.25) is 5.91 Å². The third-order valence-corrected chi connectivity index (χ3v) is 2.79. The lowest BCUT2D eigenvalue weighted by Crippen LogP contribution is -2.29. The molecule has 0 spiro atoms. The number of amides is 1. The number of benzene rings is 1. The van der Waals surface area contributed by atoms with Crippen LogP contribution in [0.1, 0.15) is 11.4 Å². The van der Waals surface area contributed by atoms with Crippen LogP contribution in [0, 0.1) is 6.92 Å². The van der Waals surface area contributed by atoms with Gasteiger partial charge >= 0.3 is 0 Å². The summed E-state index contributed by atoms with van der Waals surface area (Å²) >= 11 is 0. The van der Waals surface area contributed by atoms with E-state index in [0.29, 0.717) is 13.0 Å². The van der Waals surface area contributed by atoms with Crippen LogP contribution in [0.3, 0.4) is 0 Å². The largest absolute Gasteiger partial charge is 0.325 e. The van der Waals surface area contributed by atoms with Crippen LogP contribution in [0.2, 0.25) is 0 Å². The van der Waals surface area contributed by atoms with Gasteiger partial charge in [-0.1, -0.05) is 17.7 Å². The van der Waals surface area contributed by atoms with Crippen molar-refractivity contribution in [3.8, 4) is 0 Å². The molecule has 106 valence electrons. The van der Waals surface area contributed by atoms with Gasteiger partial charge in [-0.2, -0.15) is 5.10 Å². The molecule has 0 aliphatic heterocycles. The topological polar surface area (TPSA) is 71.8 Å². The first-order valence-corrected chi connectivity index (χ1v) is 6.55. The number of anilines is 1. The fourth-order valence-electron chi connectivity index (χ4n) is 1.74. The maximum absolute atomic E-state index is 11.7. The van der Waals surface area contributed by atoms with E-state index in [2.05, 4.69) is 20.7 Å². The summed E-state index contributed by atoms with van der Waals surface area (Å²) in [6, 6.07) is 7.72. The molecule has 0 saturated carbocycles. The van der Waals surface area contributed by atoms with E-state index in [0.717, 1.165) is 11.5 Å². The standard InChI is InChI=1S/C14H19N5O/c1-11-3-5-12(6-4-11)17-14(20)9-15-8-7-13-16-10-19(2)18-13/h3-6,10,15H,7-9H2,1-2H3,(H,17,20).